The molecule has 0 N–H and O–H groups in total. The fraction of sp³-hybridized carbons (Fsp3) is 0.143. The van der Waals surface area contributed by atoms with Gasteiger partial charge in [-0.05, 0) is 55.6 Å². The molecule has 5 rings (SSSR count). The Morgan fingerprint density at radius 3 is 1.57 bits per heavy atom. The van der Waals surface area contributed by atoms with Crippen molar-refractivity contribution in [2.24, 2.45) is 0 Å². The Balaban J connectivity index is 2.25. The summed E-state index contributed by atoms with van der Waals surface area (Å²) in [6.07, 6.45) is 0. The summed E-state index contributed by atoms with van der Waals surface area (Å²) in [7, 11) is 0. The zero-order valence-corrected chi connectivity index (χ0v) is 16.0. The molecule has 0 aliphatic heterocycles. The molecule has 23 heavy (non-hydrogen) atoms. The minimum atomic E-state index is 0.000532. The van der Waals surface area contributed by atoms with Crippen molar-refractivity contribution in [3.63, 3.8) is 0 Å². The zero-order valence-electron chi connectivity index (χ0n) is 12.9. The summed E-state index contributed by atoms with van der Waals surface area (Å²) < 4.78 is 2.34. The molecule has 1 aliphatic rings. The van der Waals surface area contributed by atoms with E-state index in [1.54, 1.807) is 0 Å². The van der Waals surface area contributed by atoms with Gasteiger partial charge >= 0.3 is 0 Å². The normalized spacial score (nSPS) is 15.3. The molecule has 0 aromatic heterocycles. The third-order valence-electron chi connectivity index (χ3n) is 5.38. The van der Waals surface area contributed by atoms with Crippen LogP contribution in [0.25, 0.3) is 32.3 Å². The van der Waals surface area contributed by atoms with Crippen molar-refractivity contribution < 1.29 is 0 Å². The van der Waals surface area contributed by atoms with E-state index >= 15 is 0 Å². The van der Waals surface area contributed by atoms with Crippen LogP contribution in [-0.2, 0) is 5.41 Å². The third-order valence-corrected chi connectivity index (χ3v) is 6.76. The van der Waals surface area contributed by atoms with Crippen molar-refractivity contribution in [2.45, 2.75) is 19.3 Å². The topological polar surface area (TPSA) is 0 Å². The molecule has 0 bridgehead atoms. The quantitative estimate of drug-likeness (QED) is 0.259. The van der Waals surface area contributed by atoms with Crippen LogP contribution < -0.4 is 0 Å². The SMILES string of the molecule is CC1(C)c2ccc(Br)c3ccc4ccc5c(Br)ccc1c5c4c23. The predicted octanol–water partition coefficient (Wildman–Crippen LogP) is 7.31. The van der Waals surface area contributed by atoms with Crippen LogP contribution in [0.3, 0.4) is 0 Å². The standard InChI is InChI=1S/C21H14Br2/c1-21(2)14-7-9-16(22)12-5-3-11-4-6-13-17(23)10-8-15(21)20(13)18(11)19(12)14/h3-10H,1-2H3. The molecular weight excluding hydrogens is 412 g/mol. The Bertz CT molecular complexity index is 1070. The molecule has 4 aromatic carbocycles. The van der Waals surface area contributed by atoms with E-state index in [-0.39, 0.29) is 5.41 Å². The lowest BCUT2D eigenvalue weighted by molar-refractivity contribution is 0.652. The highest BCUT2D eigenvalue weighted by atomic mass is 79.9. The summed E-state index contributed by atoms with van der Waals surface area (Å²) in [5.41, 5.74) is 2.84. The van der Waals surface area contributed by atoms with E-state index in [9.17, 15) is 0 Å². The lowest BCUT2D eigenvalue weighted by atomic mass is 9.69. The minimum absolute atomic E-state index is 0.000532. The van der Waals surface area contributed by atoms with Gasteiger partial charge in [-0.25, -0.2) is 0 Å². The summed E-state index contributed by atoms with van der Waals surface area (Å²) in [6, 6.07) is 17.9. The van der Waals surface area contributed by atoms with Crippen LogP contribution in [0.2, 0.25) is 0 Å². The third kappa shape index (κ3) is 1.61. The van der Waals surface area contributed by atoms with Gasteiger partial charge in [0, 0.05) is 14.4 Å². The molecule has 0 atom stereocenters. The van der Waals surface area contributed by atoms with E-state index in [0.29, 0.717) is 0 Å². The van der Waals surface area contributed by atoms with Gasteiger partial charge in [-0.1, -0.05) is 82.1 Å². The van der Waals surface area contributed by atoms with Gasteiger partial charge in [0.05, 0.1) is 0 Å². The molecule has 0 spiro atoms. The Labute approximate surface area is 151 Å². The second-order valence-electron chi connectivity index (χ2n) is 6.89. The van der Waals surface area contributed by atoms with E-state index in [2.05, 4.69) is 94.2 Å². The molecular formula is C21H14Br2. The van der Waals surface area contributed by atoms with Crippen LogP contribution in [0.15, 0.2) is 57.5 Å². The first-order valence-electron chi connectivity index (χ1n) is 7.77. The first-order valence-corrected chi connectivity index (χ1v) is 9.36. The van der Waals surface area contributed by atoms with Gasteiger partial charge in [-0.3, -0.25) is 0 Å². The number of benzene rings is 4. The Morgan fingerprint density at radius 1 is 0.609 bits per heavy atom. The fourth-order valence-corrected chi connectivity index (χ4v) is 5.15. The Hall–Kier alpha value is -1.38. The smallest absolute Gasteiger partial charge is 0.0254 e. The molecule has 0 radical (unpaired) electrons. The molecule has 0 saturated carbocycles. The number of rotatable bonds is 0. The summed E-state index contributed by atoms with van der Waals surface area (Å²) in [5.74, 6) is 0. The number of hydrogen-bond acceptors (Lipinski definition) is 0. The van der Waals surface area contributed by atoms with E-state index in [1.807, 2.05) is 0 Å². The predicted molar refractivity (Wildman–Crippen MR) is 106 cm³/mol. The Kier molecular flexibility index (Phi) is 2.66. The summed E-state index contributed by atoms with van der Waals surface area (Å²) in [6.45, 7) is 4.68. The van der Waals surface area contributed by atoms with E-state index in [0.717, 1.165) is 0 Å². The van der Waals surface area contributed by atoms with Crippen molar-refractivity contribution in [2.75, 3.05) is 0 Å². The van der Waals surface area contributed by atoms with Gasteiger partial charge < -0.3 is 0 Å². The first kappa shape index (κ1) is 14.0. The van der Waals surface area contributed by atoms with E-state index < -0.39 is 0 Å². The molecule has 112 valence electrons. The van der Waals surface area contributed by atoms with Gasteiger partial charge in [-0.2, -0.15) is 0 Å². The van der Waals surface area contributed by atoms with Crippen molar-refractivity contribution in [1.82, 2.24) is 0 Å². The minimum Gasteiger partial charge on any atom is -0.0564 e. The summed E-state index contributed by atoms with van der Waals surface area (Å²) in [4.78, 5) is 0. The van der Waals surface area contributed by atoms with Crippen LogP contribution in [0.4, 0.5) is 0 Å². The van der Waals surface area contributed by atoms with Crippen LogP contribution in [0, 0.1) is 0 Å². The van der Waals surface area contributed by atoms with Crippen molar-refractivity contribution in [1.29, 1.82) is 0 Å². The lowest BCUT2D eigenvalue weighted by Crippen LogP contribution is -2.22. The molecule has 1 aliphatic carbocycles. The average molecular weight is 426 g/mol. The van der Waals surface area contributed by atoms with Gasteiger partial charge in [-0.15, -0.1) is 0 Å². The highest BCUT2D eigenvalue weighted by Crippen LogP contribution is 2.50. The maximum atomic E-state index is 3.74. The molecule has 4 aromatic rings. The zero-order chi connectivity index (χ0) is 15.9. The summed E-state index contributed by atoms with van der Waals surface area (Å²) in [5, 5.41) is 8.13. The second-order valence-corrected chi connectivity index (χ2v) is 8.60. The van der Waals surface area contributed by atoms with Crippen LogP contribution >= 0.6 is 31.9 Å². The molecule has 0 fully saturated rings. The molecule has 0 unspecified atom stereocenters. The monoisotopic (exact) mass is 424 g/mol. The number of hydrogen-bond donors (Lipinski definition) is 0. The van der Waals surface area contributed by atoms with E-state index in [1.165, 1.54) is 52.4 Å². The average Bonchev–Trinajstić information content (AvgIpc) is 2.53. The second kappa shape index (κ2) is 4.37. The maximum Gasteiger partial charge on any atom is 0.0254 e. The van der Waals surface area contributed by atoms with Gasteiger partial charge in [0.15, 0.2) is 0 Å². The molecule has 2 heteroatoms. The molecule has 0 nitrogen and oxygen atoms in total. The van der Waals surface area contributed by atoms with Crippen molar-refractivity contribution in [3.8, 4) is 0 Å². The van der Waals surface area contributed by atoms with Crippen LogP contribution in [0.1, 0.15) is 25.0 Å². The molecule has 0 heterocycles. The highest BCUT2D eigenvalue weighted by Gasteiger charge is 2.32. The van der Waals surface area contributed by atoms with E-state index in [4.69, 9.17) is 0 Å². The van der Waals surface area contributed by atoms with Crippen LogP contribution in [0.5, 0.6) is 0 Å². The van der Waals surface area contributed by atoms with Gasteiger partial charge in [0.25, 0.3) is 0 Å². The first-order chi connectivity index (χ1) is 11.0. The molecule has 0 saturated heterocycles. The highest BCUT2D eigenvalue weighted by molar-refractivity contribution is 9.11. The van der Waals surface area contributed by atoms with Gasteiger partial charge in [0.1, 0.15) is 0 Å². The fourth-order valence-electron chi connectivity index (χ4n) is 4.22. The van der Waals surface area contributed by atoms with Crippen molar-refractivity contribution in [3.05, 3.63) is 68.6 Å². The largest absolute Gasteiger partial charge is 0.0564 e. The van der Waals surface area contributed by atoms with Crippen molar-refractivity contribution >= 4 is 64.2 Å². The summed E-state index contributed by atoms with van der Waals surface area (Å²) >= 11 is 7.49. The molecule has 0 amide bonds. The lowest BCUT2D eigenvalue weighted by Gasteiger charge is -2.34. The number of halogens is 2. The van der Waals surface area contributed by atoms with Crippen LogP contribution in [-0.4, -0.2) is 0 Å². The van der Waals surface area contributed by atoms with Gasteiger partial charge in [0.2, 0.25) is 0 Å². The Morgan fingerprint density at radius 2 is 1.09 bits per heavy atom. The maximum absolute atomic E-state index is 3.74.